The number of amides is 1. The molecule has 2 aliphatic heterocycles. The number of carboxylic acids is 1. The van der Waals surface area contributed by atoms with Crippen molar-refractivity contribution < 1.29 is 24.4 Å². The number of likely N-dealkylation sites (tertiary alicyclic amines) is 1. The van der Waals surface area contributed by atoms with Gasteiger partial charge in [0.05, 0.1) is 16.9 Å². The smallest absolute Gasteiger partial charge is 0.311 e. The lowest BCUT2D eigenvalue weighted by atomic mass is 9.74. The van der Waals surface area contributed by atoms with Crippen LogP contribution in [-0.4, -0.2) is 53.1 Å². The van der Waals surface area contributed by atoms with E-state index < -0.39 is 22.2 Å². The summed E-state index contributed by atoms with van der Waals surface area (Å²) in [7, 11) is 0. The topological polar surface area (TPSA) is 110 Å². The van der Waals surface area contributed by atoms with Crippen molar-refractivity contribution in [3.63, 3.8) is 0 Å². The number of rotatable bonds is 3. The van der Waals surface area contributed by atoms with Gasteiger partial charge < -0.3 is 14.7 Å². The Morgan fingerprint density at radius 1 is 1.46 bits per heavy atom. The lowest BCUT2D eigenvalue weighted by Gasteiger charge is -2.33. The van der Waals surface area contributed by atoms with Crippen molar-refractivity contribution in [1.29, 1.82) is 0 Å². The molecule has 0 aromatic heterocycles. The zero-order valence-corrected chi connectivity index (χ0v) is 13.2. The van der Waals surface area contributed by atoms with E-state index in [-0.39, 0.29) is 36.9 Å². The summed E-state index contributed by atoms with van der Waals surface area (Å²) >= 11 is 0. The molecule has 0 aliphatic carbocycles. The van der Waals surface area contributed by atoms with E-state index in [0.29, 0.717) is 18.6 Å². The Balaban J connectivity index is 1.94. The van der Waals surface area contributed by atoms with E-state index in [1.165, 1.54) is 11.0 Å². The molecule has 1 aromatic carbocycles. The first-order valence-electron chi connectivity index (χ1n) is 7.71. The van der Waals surface area contributed by atoms with Crippen LogP contribution in [0.5, 0.6) is 0 Å². The fraction of sp³-hybridized carbons (Fsp3) is 0.500. The van der Waals surface area contributed by atoms with Crippen LogP contribution in [0.1, 0.15) is 22.3 Å². The Morgan fingerprint density at radius 3 is 2.83 bits per heavy atom. The minimum Gasteiger partial charge on any atom is -0.481 e. The number of carbonyl (C=O) groups excluding carboxylic acids is 1. The number of hydrogen-bond acceptors (Lipinski definition) is 5. The third-order valence-corrected chi connectivity index (χ3v) is 5.07. The van der Waals surface area contributed by atoms with E-state index in [4.69, 9.17) is 4.74 Å². The largest absolute Gasteiger partial charge is 0.481 e. The molecule has 1 aromatic rings. The summed E-state index contributed by atoms with van der Waals surface area (Å²) in [6, 6.07) is 4.58. The number of para-hydroxylation sites is 1. The number of carbonyl (C=O) groups is 2. The van der Waals surface area contributed by atoms with Gasteiger partial charge in [-0.3, -0.25) is 19.7 Å². The van der Waals surface area contributed by atoms with Crippen molar-refractivity contribution in [2.75, 3.05) is 26.3 Å². The van der Waals surface area contributed by atoms with Gasteiger partial charge in [0.1, 0.15) is 5.56 Å². The highest BCUT2D eigenvalue weighted by Crippen LogP contribution is 2.43. The standard InChI is InChI=1S/C16H18N2O6/c1-10-3-2-4-12(13(10)18(22)23)14(19)17-7-11-8-24-6-5-16(11,9-17)15(20)21/h2-4,11H,5-9H2,1H3,(H,20,21)/t11-,16+/m0/s1. The molecule has 8 heteroatoms. The zero-order valence-electron chi connectivity index (χ0n) is 13.2. The van der Waals surface area contributed by atoms with Gasteiger partial charge in [-0.25, -0.2) is 0 Å². The average molecular weight is 334 g/mol. The first-order chi connectivity index (χ1) is 11.4. The minimum absolute atomic E-state index is 0.0000964. The van der Waals surface area contributed by atoms with E-state index in [9.17, 15) is 24.8 Å². The van der Waals surface area contributed by atoms with Gasteiger partial charge in [-0.15, -0.1) is 0 Å². The normalized spacial score (nSPS) is 26.0. The number of fused-ring (bicyclic) bond motifs is 1. The van der Waals surface area contributed by atoms with Crippen LogP contribution in [0, 0.1) is 28.4 Å². The fourth-order valence-corrected chi connectivity index (χ4v) is 3.70. The molecule has 1 N–H and O–H groups in total. The monoisotopic (exact) mass is 334 g/mol. The van der Waals surface area contributed by atoms with E-state index in [2.05, 4.69) is 0 Å². The Morgan fingerprint density at radius 2 is 2.21 bits per heavy atom. The SMILES string of the molecule is Cc1cccc(C(=O)N2C[C@H]3COCC[C@@]3(C(=O)O)C2)c1[N+](=O)[O-]. The molecule has 1 amide bonds. The van der Waals surface area contributed by atoms with E-state index in [1.807, 2.05) is 0 Å². The Bertz CT molecular complexity index is 719. The number of carboxylic acid groups (broad SMARTS) is 1. The lowest BCUT2D eigenvalue weighted by molar-refractivity contribution is -0.385. The van der Waals surface area contributed by atoms with E-state index >= 15 is 0 Å². The molecule has 2 heterocycles. The van der Waals surface area contributed by atoms with Crippen LogP contribution in [-0.2, 0) is 9.53 Å². The molecule has 8 nitrogen and oxygen atoms in total. The average Bonchev–Trinajstić information content (AvgIpc) is 2.94. The number of hydrogen-bond donors (Lipinski definition) is 1. The third kappa shape index (κ3) is 2.43. The maximum absolute atomic E-state index is 12.8. The van der Waals surface area contributed by atoms with Crippen LogP contribution in [0.2, 0.25) is 0 Å². The van der Waals surface area contributed by atoms with Crippen molar-refractivity contribution in [1.82, 2.24) is 4.90 Å². The van der Waals surface area contributed by atoms with Gasteiger partial charge in [0.25, 0.3) is 11.6 Å². The van der Waals surface area contributed by atoms with Gasteiger partial charge in [0.15, 0.2) is 0 Å². The fourth-order valence-electron chi connectivity index (χ4n) is 3.70. The van der Waals surface area contributed by atoms with Crippen LogP contribution in [0.4, 0.5) is 5.69 Å². The minimum atomic E-state index is -1.02. The van der Waals surface area contributed by atoms with Crippen LogP contribution >= 0.6 is 0 Å². The summed E-state index contributed by atoms with van der Waals surface area (Å²) in [6.45, 7) is 2.49. The summed E-state index contributed by atoms with van der Waals surface area (Å²) in [4.78, 5) is 36.8. The first kappa shape index (κ1) is 16.4. The number of nitrogens with zero attached hydrogens (tertiary/aromatic N) is 2. The summed E-state index contributed by atoms with van der Waals surface area (Å²) in [5.74, 6) is -1.73. The van der Waals surface area contributed by atoms with Crippen molar-refractivity contribution >= 4 is 17.6 Å². The molecule has 2 fully saturated rings. The summed E-state index contributed by atoms with van der Waals surface area (Å²) in [6.07, 6.45) is 0.340. The predicted octanol–water partition coefficient (Wildman–Crippen LogP) is 1.47. The van der Waals surface area contributed by atoms with E-state index in [0.717, 1.165) is 0 Å². The molecule has 3 rings (SSSR count). The van der Waals surface area contributed by atoms with Crippen LogP contribution < -0.4 is 0 Å². The molecule has 0 radical (unpaired) electrons. The first-order valence-corrected chi connectivity index (χ1v) is 7.71. The second-order valence-corrected chi connectivity index (χ2v) is 6.40. The maximum Gasteiger partial charge on any atom is 0.311 e. The molecule has 2 atom stereocenters. The molecular formula is C16H18N2O6. The van der Waals surface area contributed by atoms with Gasteiger partial charge in [-0.2, -0.15) is 0 Å². The molecule has 0 unspecified atom stereocenters. The second-order valence-electron chi connectivity index (χ2n) is 6.40. The van der Waals surface area contributed by atoms with Gasteiger partial charge in [0.2, 0.25) is 0 Å². The number of aryl methyl sites for hydroxylation is 1. The van der Waals surface area contributed by atoms with Gasteiger partial charge >= 0.3 is 5.97 Å². The summed E-state index contributed by atoms with van der Waals surface area (Å²) < 4.78 is 5.36. The third-order valence-electron chi connectivity index (χ3n) is 5.07. The van der Waals surface area contributed by atoms with E-state index in [1.54, 1.807) is 19.1 Å². The number of ether oxygens (including phenoxy) is 1. The van der Waals surface area contributed by atoms with Crippen molar-refractivity contribution in [2.45, 2.75) is 13.3 Å². The summed E-state index contributed by atoms with van der Waals surface area (Å²) in [5.41, 5.74) is -0.844. The number of benzene rings is 1. The van der Waals surface area contributed by atoms with Gasteiger partial charge in [0, 0.05) is 31.2 Å². The molecule has 24 heavy (non-hydrogen) atoms. The molecule has 0 spiro atoms. The highest BCUT2D eigenvalue weighted by molar-refractivity contribution is 5.99. The Labute approximate surface area is 138 Å². The maximum atomic E-state index is 12.8. The number of nitro groups is 1. The molecule has 2 saturated heterocycles. The van der Waals surface area contributed by atoms with Crippen LogP contribution in [0.3, 0.4) is 0 Å². The Hall–Kier alpha value is -2.48. The number of aliphatic carboxylic acids is 1. The van der Waals surface area contributed by atoms with Crippen molar-refractivity contribution in [2.24, 2.45) is 11.3 Å². The molecular weight excluding hydrogens is 316 g/mol. The Kier molecular flexibility index (Phi) is 4.00. The van der Waals surface area contributed by atoms with Gasteiger partial charge in [-0.1, -0.05) is 12.1 Å². The highest BCUT2D eigenvalue weighted by Gasteiger charge is 2.55. The van der Waals surface area contributed by atoms with Crippen molar-refractivity contribution in [3.05, 3.63) is 39.4 Å². The van der Waals surface area contributed by atoms with Gasteiger partial charge in [-0.05, 0) is 19.4 Å². The molecule has 2 aliphatic rings. The van der Waals surface area contributed by atoms with Crippen LogP contribution in [0.15, 0.2) is 18.2 Å². The number of nitro benzene ring substituents is 1. The molecule has 0 bridgehead atoms. The summed E-state index contributed by atoms with van der Waals surface area (Å²) in [5, 5.41) is 21.0. The van der Waals surface area contributed by atoms with Crippen molar-refractivity contribution in [3.8, 4) is 0 Å². The molecule has 128 valence electrons. The lowest BCUT2D eigenvalue weighted by Crippen LogP contribution is -2.45. The highest BCUT2D eigenvalue weighted by atomic mass is 16.6. The molecule has 0 saturated carbocycles. The predicted molar refractivity (Wildman–Crippen MR) is 82.7 cm³/mol. The second kappa shape index (κ2) is 5.86. The quantitative estimate of drug-likeness (QED) is 0.662. The van der Waals surface area contributed by atoms with Crippen LogP contribution in [0.25, 0.3) is 0 Å². The zero-order chi connectivity index (χ0) is 17.5.